The lowest BCUT2D eigenvalue weighted by molar-refractivity contribution is 0.268. The maximum atomic E-state index is 8.84. The predicted molar refractivity (Wildman–Crippen MR) is 55.1 cm³/mol. The number of hydrogen-bond acceptors (Lipinski definition) is 3. The van der Waals surface area contributed by atoms with Gasteiger partial charge in [-0.2, -0.15) is 0 Å². The molecule has 1 aromatic rings. The van der Waals surface area contributed by atoms with E-state index in [0.717, 1.165) is 12.8 Å². The van der Waals surface area contributed by atoms with Crippen LogP contribution in [-0.2, 0) is 6.61 Å². The number of aliphatic hydroxyl groups is 1. The van der Waals surface area contributed by atoms with Crippen LogP contribution in [0.25, 0.3) is 0 Å². The van der Waals surface area contributed by atoms with E-state index in [1.54, 1.807) is 12.1 Å². The summed E-state index contributed by atoms with van der Waals surface area (Å²) in [4.78, 5) is 4.09. The molecule has 0 spiro atoms. The van der Waals surface area contributed by atoms with Crippen molar-refractivity contribution in [2.75, 3.05) is 6.61 Å². The molecule has 1 rings (SSSR count). The minimum absolute atomic E-state index is 0.0517. The molecule has 0 atom stereocenters. The first-order chi connectivity index (χ1) is 6.86. The Labute approximate surface area is 84.1 Å². The van der Waals surface area contributed by atoms with Gasteiger partial charge in [-0.1, -0.05) is 12.1 Å². The average Bonchev–Trinajstić information content (AvgIpc) is 2.25. The highest BCUT2D eigenvalue weighted by Crippen LogP contribution is 2.08. The fourth-order valence-corrected chi connectivity index (χ4v) is 1.03. The Morgan fingerprint density at radius 2 is 2.36 bits per heavy atom. The Morgan fingerprint density at radius 1 is 1.50 bits per heavy atom. The highest BCUT2D eigenvalue weighted by Gasteiger charge is 1.96. The van der Waals surface area contributed by atoms with Crippen LogP contribution >= 0.6 is 0 Å². The summed E-state index contributed by atoms with van der Waals surface area (Å²) in [7, 11) is 0. The first-order valence-electron chi connectivity index (χ1n) is 4.67. The van der Waals surface area contributed by atoms with Gasteiger partial charge in [-0.15, -0.1) is 6.58 Å². The molecule has 14 heavy (non-hydrogen) atoms. The fourth-order valence-electron chi connectivity index (χ4n) is 1.03. The number of aromatic nitrogens is 1. The molecule has 0 unspecified atom stereocenters. The smallest absolute Gasteiger partial charge is 0.213 e. The fraction of sp³-hybridized carbons (Fsp3) is 0.364. The molecule has 0 bridgehead atoms. The van der Waals surface area contributed by atoms with Gasteiger partial charge < -0.3 is 9.84 Å². The quantitative estimate of drug-likeness (QED) is 0.554. The first kappa shape index (κ1) is 10.7. The van der Waals surface area contributed by atoms with Gasteiger partial charge in [-0.05, 0) is 18.9 Å². The van der Waals surface area contributed by atoms with Crippen LogP contribution in [-0.4, -0.2) is 16.7 Å². The van der Waals surface area contributed by atoms with Gasteiger partial charge in [0.05, 0.1) is 18.9 Å². The third-order valence-corrected chi connectivity index (χ3v) is 1.75. The van der Waals surface area contributed by atoms with E-state index >= 15 is 0 Å². The summed E-state index contributed by atoms with van der Waals surface area (Å²) < 4.78 is 5.38. The molecule has 0 saturated heterocycles. The van der Waals surface area contributed by atoms with Gasteiger partial charge in [0.1, 0.15) is 0 Å². The molecule has 0 fully saturated rings. The third-order valence-electron chi connectivity index (χ3n) is 1.75. The van der Waals surface area contributed by atoms with Crippen molar-refractivity contribution in [3.05, 3.63) is 36.5 Å². The van der Waals surface area contributed by atoms with E-state index in [1.807, 2.05) is 12.1 Å². The Bertz CT molecular complexity index is 286. The summed E-state index contributed by atoms with van der Waals surface area (Å²) in [6.45, 7) is 4.21. The third kappa shape index (κ3) is 3.58. The largest absolute Gasteiger partial charge is 0.478 e. The Kier molecular flexibility index (Phi) is 4.72. The normalized spacial score (nSPS) is 9.79. The molecule has 0 aliphatic heterocycles. The van der Waals surface area contributed by atoms with E-state index in [0.29, 0.717) is 18.2 Å². The van der Waals surface area contributed by atoms with Crippen molar-refractivity contribution in [3.63, 3.8) is 0 Å². The monoisotopic (exact) mass is 193 g/mol. The van der Waals surface area contributed by atoms with E-state index in [-0.39, 0.29) is 6.61 Å². The van der Waals surface area contributed by atoms with Gasteiger partial charge in [0.25, 0.3) is 0 Å². The van der Waals surface area contributed by atoms with Crippen molar-refractivity contribution < 1.29 is 9.84 Å². The van der Waals surface area contributed by atoms with Gasteiger partial charge in [-0.3, -0.25) is 0 Å². The summed E-state index contributed by atoms with van der Waals surface area (Å²) >= 11 is 0. The summed E-state index contributed by atoms with van der Waals surface area (Å²) in [5, 5.41) is 8.84. The van der Waals surface area contributed by atoms with Crippen molar-refractivity contribution in [2.45, 2.75) is 19.4 Å². The highest BCUT2D eigenvalue weighted by atomic mass is 16.5. The van der Waals surface area contributed by atoms with Crippen LogP contribution in [0.3, 0.4) is 0 Å². The molecule has 76 valence electrons. The van der Waals surface area contributed by atoms with Gasteiger partial charge in [0, 0.05) is 6.07 Å². The number of aliphatic hydroxyl groups excluding tert-OH is 1. The molecular formula is C11H15NO2. The van der Waals surface area contributed by atoms with Crippen molar-refractivity contribution in [3.8, 4) is 5.88 Å². The Hall–Kier alpha value is -1.35. The van der Waals surface area contributed by atoms with Crippen LogP contribution in [0.2, 0.25) is 0 Å². The van der Waals surface area contributed by atoms with Crippen LogP contribution < -0.4 is 4.74 Å². The zero-order valence-corrected chi connectivity index (χ0v) is 8.15. The second kappa shape index (κ2) is 6.16. The Morgan fingerprint density at radius 3 is 3.07 bits per heavy atom. The zero-order chi connectivity index (χ0) is 10.2. The number of pyridine rings is 1. The molecule has 0 radical (unpaired) electrons. The van der Waals surface area contributed by atoms with Crippen LogP contribution in [0.4, 0.5) is 0 Å². The van der Waals surface area contributed by atoms with E-state index in [2.05, 4.69) is 11.6 Å². The molecular weight excluding hydrogens is 178 g/mol. The van der Waals surface area contributed by atoms with Crippen LogP contribution in [0, 0.1) is 0 Å². The van der Waals surface area contributed by atoms with Gasteiger partial charge in [-0.25, -0.2) is 4.98 Å². The summed E-state index contributed by atoms with van der Waals surface area (Å²) in [5.74, 6) is 0.570. The number of rotatable bonds is 6. The van der Waals surface area contributed by atoms with Gasteiger partial charge in [0.2, 0.25) is 5.88 Å². The lowest BCUT2D eigenvalue weighted by atomic mass is 10.3. The van der Waals surface area contributed by atoms with Gasteiger partial charge >= 0.3 is 0 Å². The molecule has 1 N–H and O–H groups in total. The second-order valence-electron chi connectivity index (χ2n) is 2.90. The SMILES string of the molecule is C=CCCCOc1cccc(CO)n1. The predicted octanol–water partition coefficient (Wildman–Crippen LogP) is 1.92. The summed E-state index contributed by atoms with van der Waals surface area (Å²) in [5.41, 5.74) is 0.631. The summed E-state index contributed by atoms with van der Waals surface area (Å²) in [6.07, 6.45) is 3.75. The molecule has 3 nitrogen and oxygen atoms in total. The standard InChI is InChI=1S/C11H15NO2/c1-2-3-4-8-14-11-7-5-6-10(9-13)12-11/h2,5-7,13H,1,3-4,8-9H2. The second-order valence-corrected chi connectivity index (χ2v) is 2.90. The van der Waals surface area contributed by atoms with E-state index in [9.17, 15) is 0 Å². The minimum atomic E-state index is -0.0517. The summed E-state index contributed by atoms with van der Waals surface area (Å²) in [6, 6.07) is 5.37. The van der Waals surface area contributed by atoms with Gasteiger partial charge in [0.15, 0.2) is 0 Å². The maximum absolute atomic E-state index is 8.84. The number of ether oxygens (including phenoxy) is 1. The zero-order valence-electron chi connectivity index (χ0n) is 8.15. The van der Waals surface area contributed by atoms with Crippen molar-refractivity contribution >= 4 is 0 Å². The lowest BCUT2D eigenvalue weighted by Crippen LogP contribution is -2.00. The average molecular weight is 193 g/mol. The number of nitrogens with zero attached hydrogens (tertiary/aromatic N) is 1. The number of allylic oxidation sites excluding steroid dienone is 1. The molecule has 1 heterocycles. The Balaban J connectivity index is 2.38. The number of hydrogen-bond donors (Lipinski definition) is 1. The van der Waals surface area contributed by atoms with Crippen molar-refractivity contribution in [1.29, 1.82) is 0 Å². The maximum Gasteiger partial charge on any atom is 0.213 e. The molecule has 0 saturated carbocycles. The van der Waals surface area contributed by atoms with E-state index in [4.69, 9.17) is 9.84 Å². The molecule has 0 amide bonds. The lowest BCUT2D eigenvalue weighted by Gasteiger charge is -2.04. The minimum Gasteiger partial charge on any atom is -0.478 e. The molecule has 1 aromatic heterocycles. The first-order valence-corrected chi connectivity index (χ1v) is 4.67. The molecule has 0 aliphatic rings. The van der Waals surface area contributed by atoms with Crippen LogP contribution in [0.5, 0.6) is 5.88 Å². The molecule has 0 aromatic carbocycles. The van der Waals surface area contributed by atoms with Crippen molar-refractivity contribution in [1.82, 2.24) is 4.98 Å². The number of unbranched alkanes of at least 4 members (excludes halogenated alkanes) is 1. The molecule has 0 aliphatic carbocycles. The topological polar surface area (TPSA) is 42.4 Å². The molecule has 3 heteroatoms. The van der Waals surface area contributed by atoms with Crippen molar-refractivity contribution in [2.24, 2.45) is 0 Å². The van der Waals surface area contributed by atoms with Crippen LogP contribution in [0.15, 0.2) is 30.9 Å². The van der Waals surface area contributed by atoms with E-state index in [1.165, 1.54) is 0 Å². The highest BCUT2D eigenvalue weighted by molar-refractivity contribution is 5.15. The van der Waals surface area contributed by atoms with Crippen LogP contribution in [0.1, 0.15) is 18.5 Å². The van der Waals surface area contributed by atoms with E-state index < -0.39 is 0 Å².